The summed E-state index contributed by atoms with van der Waals surface area (Å²) in [7, 11) is 1.73. The van der Waals surface area contributed by atoms with Crippen LogP contribution in [0.25, 0.3) is 0 Å². The van der Waals surface area contributed by atoms with E-state index in [1.54, 1.807) is 7.11 Å². The number of likely N-dealkylation sites (tertiary alicyclic amines) is 1. The molecule has 1 amide bonds. The Labute approximate surface area is 127 Å². The standard InChI is InChI=1S/C17H26N2O2/c1-5-18-14-7-8-15(13(2)11-14)16(20)19-10-6-9-17(3,12-19)21-4/h7-8,11,18H,5-6,9-10,12H2,1-4H3. The molecule has 1 heterocycles. The average molecular weight is 290 g/mol. The lowest BCUT2D eigenvalue weighted by Gasteiger charge is -2.39. The number of hydrogen-bond donors (Lipinski definition) is 1. The van der Waals surface area contributed by atoms with Gasteiger partial charge in [0.05, 0.1) is 5.60 Å². The largest absolute Gasteiger partial charge is 0.385 e. The summed E-state index contributed by atoms with van der Waals surface area (Å²) in [6.45, 7) is 8.49. The normalized spacial score (nSPS) is 22.2. The van der Waals surface area contributed by atoms with Crippen molar-refractivity contribution in [3.63, 3.8) is 0 Å². The molecule has 21 heavy (non-hydrogen) atoms. The van der Waals surface area contributed by atoms with Crippen LogP contribution in [0.15, 0.2) is 18.2 Å². The van der Waals surface area contributed by atoms with Gasteiger partial charge in [0.2, 0.25) is 0 Å². The molecular formula is C17H26N2O2. The lowest BCUT2D eigenvalue weighted by Crippen LogP contribution is -2.49. The number of nitrogens with zero attached hydrogens (tertiary/aromatic N) is 1. The number of piperidine rings is 1. The Balaban J connectivity index is 2.16. The second-order valence-electron chi connectivity index (χ2n) is 6.04. The number of aryl methyl sites for hydroxylation is 1. The van der Waals surface area contributed by atoms with Gasteiger partial charge in [-0.2, -0.15) is 0 Å². The first-order valence-corrected chi connectivity index (χ1v) is 7.68. The van der Waals surface area contributed by atoms with E-state index < -0.39 is 0 Å². The molecule has 0 aliphatic carbocycles. The lowest BCUT2D eigenvalue weighted by atomic mass is 9.94. The Morgan fingerprint density at radius 1 is 1.48 bits per heavy atom. The van der Waals surface area contributed by atoms with E-state index in [-0.39, 0.29) is 11.5 Å². The zero-order valence-electron chi connectivity index (χ0n) is 13.5. The number of benzene rings is 1. The SMILES string of the molecule is CCNc1ccc(C(=O)N2CCCC(C)(OC)C2)c(C)c1. The number of carbonyl (C=O) groups is 1. The van der Waals surface area contributed by atoms with Crippen molar-refractivity contribution in [3.8, 4) is 0 Å². The Bertz CT molecular complexity index is 516. The molecule has 116 valence electrons. The van der Waals surface area contributed by atoms with Crippen molar-refractivity contribution < 1.29 is 9.53 Å². The molecule has 1 fully saturated rings. The molecule has 1 saturated heterocycles. The minimum absolute atomic E-state index is 0.110. The molecule has 1 aromatic carbocycles. The average Bonchev–Trinajstić information content (AvgIpc) is 2.47. The summed E-state index contributed by atoms with van der Waals surface area (Å²) < 4.78 is 5.57. The molecular weight excluding hydrogens is 264 g/mol. The molecule has 0 aromatic heterocycles. The summed E-state index contributed by atoms with van der Waals surface area (Å²) in [5, 5.41) is 3.27. The number of hydrogen-bond acceptors (Lipinski definition) is 3. The molecule has 2 rings (SSSR count). The first-order chi connectivity index (χ1) is 9.99. The quantitative estimate of drug-likeness (QED) is 0.926. The van der Waals surface area contributed by atoms with Gasteiger partial charge in [-0.1, -0.05) is 0 Å². The number of ether oxygens (including phenoxy) is 1. The monoisotopic (exact) mass is 290 g/mol. The van der Waals surface area contributed by atoms with E-state index >= 15 is 0 Å². The van der Waals surface area contributed by atoms with E-state index in [1.807, 2.05) is 30.0 Å². The minimum Gasteiger partial charge on any atom is -0.385 e. The molecule has 0 spiro atoms. The van der Waals surface area contributed by atoms with E-state index in [0.29, 0.717) is 6.54 Å². The maximum atomic E-state index is 12.7. The highest BCUT2D eigenvalue weighted by atomic mass is 16.5. The highest BCUT2D eigenvalue weighted by molar-refractivity contribution is 5.96. The van der Waals surface area contributed by atoms with E-state index in [2.05, 4.69) is 19.2 Å². The Kier molecular flexibility index (Phi) is 4.88. The lowest BCUT2D eigenvalue weighted by molar-refractivity contribution is -0.0440. The third-order valence-electron chi connectivity index (χ3n) is 4.28. The van der Waals surface area contributed by atoms with Gasteiger partial charge in [0, 0.05) is 38.0 Å². The maximum Gasteiger partial charge on any atom is 0.254 e. The summed E-state index contributed by atoms with van der Waals surface area (Å²) in [5.41, 5.74) is 2.65. The van der Waals surface area contributed by atoms with Crippen LogP contribution in [0.5, 0.6) is 0 Å². The predicted molar refractivity (Wildman–Crippen MR) is 85.9 cm³/mol. The summed E-state index contributed by atoms with van der Waals surface area (Å²) in [6.07, 6.45) is 2.00. The molecule has 1 aliphatic heterocycles. The Morgan fingerprint density at radius 2 is 2.24 bits per heavy atom. The van der Waals surface area contributed by atoms with Crippen LogP contribution in [0.1, 0.15) is 42.6 Å². The summed E-state index contributed by atoms with van der Waals surface area (Å²) >= 11 is 0. The second kappa shape index (κ2) is 6.48. The van der Waals surface area contributed by atoms with Gasteiger partial charge in [0.15, 0.2) is 0 Å². The molecule has 1 unspecified atom stereocenters. The third-order valence-corrected chi connectivity index (χ3v) is 4.28. The molecule has 4 heteroatoms. The molecule has 0 radical (unpaired) electrons. The van der Waals surface area contributed by atoms with Gasteiger partial charge in [-0.25, -0.2) is 0 Å². The third kappa shape index (κ3) is 3.56. The van der Waals surface area contributed by atoms with Gasteiger partial charge in [0.1, 0.15) is 0 Å². The topological polar surface area (TPSA) is 41.6 Å². The zero-order valence-corrected chi connectivity index (χ0v) is 13.5. The van der Waals surface area contributed by atoms with Gasteiger partial charge >= 0.3 is 0 Å². The minimum atomic E-state index is -0.217. The van der Waals surface area contributed by atoms with Crippen LogP contribution >= 0.6 is 0 Å². The molecule has 4 nitrogen and oxygen atoms in total. The zero-order chi connectivity index (χ0) is 15.5. The summed E-state index contributed by atoms with van der Waals surface area (Å²) in [4.78, 5) is 14.7. The van der Waals surface area contributed by atoms with Crippen molar-refractivity contribution in [2.75, 3.05) is 32.1 Å². The first kappa shape index (κ1) is 15.8. The fourth-order valence-electron chi connectivity index (χ4n) is 2.93. The van der Waals surface area contributed by atoms with Crippen LogP contribution in [-0.2, 0) is 4.74 Å². The first-order valence-electron chi connectivity index (χ1n) is 7.68. The molecule has 1 N–H and O–H groups in total. The van der Waals surface area contributed by atoms with E-state index in [0.717, 1.165) is 42.7 Å². The van der Waals surface area contributed by atoms with Crippen molar-refractivity contribution >= 4 is 11.6 Å². The highest BCUT2D eigenvalue weighted by Crippen LogP contribution is 2.26. The van der Waals surface area contributed by atoms with Crippen molar-refractivity contribution in [1.82, 2.24) is 4.90 Å². The van der Waals surface area contributed by atoms with Crippen LogP contribution < -0.4 is 5.32 Å². The van der Waals surface area contributed by atoms with Crippen molar-refractivity contribution in [2.24, 2.45) is 0 Å². The van der Waals surface area contributed by atoms with Crippen molar-refractivity contribution in [2.45, 2.75) is 39.2 Å². The van der Waals surface area contributed by atoms with Gasteiger partial charge in [0.25, 0.3) is 5.91 Å². The van der Waals surface area contributed by atoms with E-state index in [1.165, 1.54) is 0 Å². The van der Waals surface area contributed by atoms with Crippen LogP contribution in [-0.4, -0.2) is 43.2 Å². The Hall–Kier alpha value is -1.55. The fraction of sp³-hybridized carbons (Fsp3) is 0.588. The van der Waals surface area contributed by atoms with Gasteiger partial charge in [-0.3, -0.25) is 4.79 Å². The second-order valence-corrected chi connectivity index (χ2v) is 6.04. The molecule has 0 bridgehead atoms. The maximum absolute atomic E-state index is 12.7. The number of nitrogens with one attached hydrogen (secondary N) is 1. The van der Waals surface area contributed by atoms with E-state index in [4.69, 9.17) is 4.74 Å². The van der Waals surface area contributed by atoms with Gasteiger partial charge in [-0.15, -0.1) is 0 Å². The molecule has 1 aromatic rings. The molecule has 0 saturated carbocycles. The smallest absolute Gasteiger partial charge is 0.254 e. The number of amides is 1. The Morgan fingerprint density at radius 3 is 2.86 bits per heavy atom. The van der Waals surface area contributed by atoms with Gasteiger partial charge < -0.3 is 15.0 Å². The summed E-state index contributed by atoms with van der Waals surface area (Å²) in [5.74, 6) is 0.110. The van der Waals surface area contributed by atoms with Crippen LogP contribution in [0, 0.1) is 6.92 Å². The van der Waals surface area contributed by atoms with E-state index in [9.17, 15) is 4.79 Å². The van der Waals surface area contributed by atoms with Crippen LogP contribution in [0.4, 0.5) is 5.69 Å². The fourth-order valence-corrected chi connectivity index (χ4v) is 2.93. The number of carbonyl (C=O) groups excluding carboxylic acids is 1. The van der Waals surface area contributed by atoms with Crippen LogP contribution in [0.3, 0.4) is 0 Å². The molecule has 1 atom stereocenters. The number of rotatable bonds is 4. The van der Waals surface area contributed by atoms with Crippen LogP contribution in [0.2, 0.25) is 0 Å². The highest BCUT2D eigenvalue weighted by Gasteiger charge is 2.33. The summed E-state index contributed by atoms with van der Waals surface area (Å²) in [6, 6.07) is 5.94. The number of anilines is 1. The van der Waals surface area contributed by atoms with Crippen molar-refractivity contribution in [3.05, 3.63) is 29.3 Å². The van der Waals surface area contributed by atoms with Crippen molar-refractivity contribution in [1.29, 1.82) is 0 Å². The van der Waals surface area contributed by atoms with Gasteiger partial charge in [-0.05, 0) is 57.4 Å². The predicted octanol–water partition coefficient (Wildman–Crippen LogP) is 3.07. The number of methoxy groups -OCH3 is 1. The molecule has 1 aliphatic rings.